The number of aromatic nitrogens is 1. The lowest BCUT2D eigenvalue weighted by Crippen LogP contribution is -2.36. The number of carboxylic acid groups (broad SMARTS) is 1. The summed E-state index contributed by atoms with van der Waals surface area (Å²) in [4.78, 5) is 24.9. The van der Waals surface area contributed by atoms with Gasteiger partial charge in [-0.1, -0.05) is 0 Å². The Morgan fingerprint density at radius 1 is 1.43 bits per heavy atom. The number of carbonyl (C=O) groups is 2. The maximum Gasteiger partial charge on any atom is 0.305 e. The smallest absolute Gasteiger partial charge is 0.305 e. The second-order valence-corrected chi connectivity index (χ2v) is 5.31. The van der Waals surface area contributed by atoms with Crippen molar-refractivity contribution in [2.45, 2.75) is 32.2 Å². The third-order valence-corrected chi connectivity index (χ3v) is 3.96. The Labute approximate surface area is 124 Å². The van der Waals surface area contributed by atoms with Crippen LogP contribution in [0.2, 0.25) is 0 Å². The molecule has 21 heavy (non-hydrogen) atoms. The number of hydrogen-bond donors (Lipinski definition) is 2. The molecule has 0 radical (unpaired) electrons. The summed E-state index contributed by atoms with van der Waals surface area (Å²) in [5.74, 6) is -0.961. The number of aliphatic carboxylic acids is 1. The predicted octanol–water partition coefficient (Wildman–Crippen LogP) is 1.35. The molecule has 1 fully saturated rings. The van der Waals surface area contributed by atoms with Gasteiger partial charge in [-0.2, -0.15) is 0 Å². The number of piperidine rings is 1. The number of nitrogens with one attached hydrogen (secondary N) is 1. The van der Waals surface area contributed by atoms with E-state index in [2.05, 4.69) is 5.32 Å². The minimum Gasteiger partial charge on any atom is -0.481 e. The molecule has 0 aromatic carbocycles. The summed E-state index contributed by atoms with van der Waals surface area (Å²) >= 11 is 0. The zero-order valence-electron chi connectivity index (χ0n) is 12.4. The van der Waals surface area contributed by atoms with Gasteiger partial charge >= 0.3 is 5.97 Å². The average molecular weight is 293 g/mol. The van der Waals surface area contributed by atoms with E-state index >= 15 is 0 Å². The first-order valence-corrected chi connectivity index (χ1v) is 7.52. The summed E-state index contributed by atoms with van der Waals surface area (Å²) in [7, 11) is 0. The molecule has 6 heteroatoms. The van der Waals surface area contributed by atoms with E-state index in [1.54, 1.807) is 4.90 Å². The Hall–Kier alpha value is -1.82. The van der Waals surface area contributed by atoms with Crippen molar-refractivity contribution in [3.8, 4) is 0 Å². The second-order valence-electron chi connectivity index (χ2n) is 5.31. The summed E-state index contributed by atoms with van der Waals surface area (Å²) in [6, 6.07) is 4.06. The van der Waals surface area contributed by atoms with Crippen LogP contribution in [0.5, 0.6) is 0 Å². The Kier molecular flexibility index (Phi) is 5.38. The van der Waals surface area contributed by atoms with Gasteiger partial charge in [0.25, 0.3) is 5.91 Å². The monoisotopic (exact) mass is 293 g/mol. The van der Waals surface area contributed by atoms with Crippen LogP contribution in [0.3, 0.4) is 0 Å². The van der Waals surface area contributed by atoms with Gasteiger partial charge in [-0.15, -0.1) is 0 Å². The normalized spacial score (nSPS) is 15.9. The molecule has 0 atom stereocenters. The van der Waals surface area contributed by atoms with Crippen LogP contribution >= 0.6 is 0 Å². The Morgan fingerprint density at radius 2 is 2.14 bits per heavy atom. The molecule has 1 amide bonds. The fourth-order valence-corrected chi connectivity index (χ4v) is 2.77. The molecule has 0 bridgehead atoms. The predicted molar refractivity (Wildman–Crippen MR) is 79.4 cm³/mol. The van der Waals surface area contributed by atoms with Crippen LogP contribution in [0.1, 0.15) is 42.7 Å². The number of carboxylic acids is 1. The van der Waals surface area contributed by atoms with Gasteiger partial charge in [0.15, 0.2) is 0 Å². The molecule has 6 nitrogen and oxygen atoms in total. The van der Waals surface area contributed by atoms with Gasteiger partial charge in [0.1, 0.15) is 5.69 Å². The summed E-state index contributed by atoms with van der Waals surface area (Å²) in [5, 5.41) is 12.1. The zero-order chi connectivity index (χ0) is 15.2. The van der Waals surface area contributed by atoms with Crippen LogP contribution in [0.4, 0.5) is 0 Å². The average Bonchev–Trinajstić information content (AvgIpc) is 2.97. The van der Waals surface area contributed by atoms with Crippen LogP contribution in [-0.4, -0.2) is 52.6 Å². The molecule has 1 saturated heterocycles. The van der Waals surface area contributed by atoms with E-state index in [0.717, 1.165) is 25.9 Å². The summed E-state index contributed by atoms with van der Waals surface area (Å²) < 4.78 is 2.05. The third-order valence-electron chi connectivity index (χ3n) is 3.96. The van der Waals surface area contributed by atoms with Crippen molar-refractivity contribution < 1.29 is 14.7 Å². The Balaban J connectivity index is 2.10. The first-order chi connectivity index (χ1) is 10.1. The molecule has 1 aliphatic rings. The van der Waals surface area contributed by atoms with E-state index in [-0.39, 0.29) is 18.9 Å². The molecule has 0 unspecified atom stereocenters. The molecule has 0 saturated carbocycles. The molecular formula is C15H23N3O3. The molecule has 116 valence electrons. The standard InChI is InChI=1S/C15H23N3O3/c1-2-17(11-7-14(19)20)15(21)13-4-3-10-18(13)12-5-8-16-9-6-12/h3-4,10,12,16H,2,5-9,11H2,1H3,(H,19,20). The molecule has 1 aliphatic heterocycles. The summed E-state index contributed by atoms with van der Waals surface area (Å²) in [6.07, 6.45) is 3.95. The van der Waals surface area contributed by atoms with Crippen LogP contribution in [0.15, 0.2) is 18.3 Å². The zero-order valence-corrected chi connectivity index (χ0v) is 12.4. The number of nitrogens with zero attached hydrogens (tertiary/aromatic N) is 2. The lowest BCUT2D eigenvalue weighted by atomic mass is 10.1. The highest BCUT2D eigenvalue weighted by atomic mass is 16.4. The van der Waals surface area contributed by atoms with Crippen LogP contribution in [0.25, 0.3) is 0 Å². The molecule has 0 aliphatic carbocycles. The summed E-state index contributed by atoms with van der Waals surface area (Å²) in [6.45, 7) is 4.57. The van der Waals surface area contributed by atoms with E-state index in [9.17, 15) is 9.59 Å². The molecule has 0 spiro atoms. The highest BCUT2D eigenvalue weighted by Crippen LogP contribution is 2.22. The fraction of sp³-hybridized carbons (Fsp3) is 0.600. The van der Waals surface area contributed by atoms with Crippen molar-refractivity contribution in [3.05, 3.63) is 24.0 Å². The van der Waals surface area contributed by atoms with Gasteiger partial charge in [-0.3, -0.25) is 9.59 Å². The summed E-state index contributed by atoms with van der Waals surface area (Å²) in [5.41, 5.74) is 0.661. The van der Waals surface area contributed by atoms with Gasteiger partial charge in [-0.05, 0) is 45.0 Å². The largest absolute Gasteiger partial charge is 0.481 e. The Bertz CT molecular complexity index is 492. The van der Waals surface area contributed by atoms with Crippen molar-refractivity contribution in [1.29, 1.82) is 0 Å². The first kappa shape index (κ1) is 15.6. The van der Waals surface area contributed by atoms with Crippen LogP contribution in [-0.2, 0) is 4.79 Å². The van der Waals surface area contributed by atoms with Gasteiger partial charge < -0.3 is 19.9 Å². The minimum atomic E-state index is -0.880. The molecule has 1 aromatic rings. The number of amides is 1. The van der Waals surface area contributed by atoms with Crippen LogP contribution in [0, 0.1) is 0 Å². The van der Waals surface area contributed by atoms with E-state index in [0.29, 0.717) is 18.3 Å². The lowest BCUT2D eigenvalue weighted by molar-refractivity contribution is -0.137. The van der Waals surface area contributed by atoms with Crippen molar-refractivity contribution >= 4 is 11.9 Å². The molecule has 2 N–H and O–H groups in total. The highest BCUT2D eigenvalue weighted by Gasteiger charge is 2.23. The second kappa shape index (κ2) is 7.26. The Morgan fingerprint density at radius 3 is 2.76 bits per heavy atom. The quantitative estimate of drug-likeness (QED) is 0.830. The van der Waals surface area contributed by atoms with Crippen molar-refractivity contribution in [1.82, 2.24) is 14.8 Å². The molecule has 1 aromatic heterocycles. The number of hydrogen-bond acceptors (Lipinski definition) is 3. The topological polar surface area (TPSA) is 74.6 Å². The third kappa shape index (κ3) is 3.85. The van der Waals surface area contributed by atoms with Crippen LogP contribution < -0.4 is 5.32 Å². The lowest BCUT2D eigenvalue weighted by Gasteiger charge is -2.27. The first-order valence-electron chi connectivity index (χ1n) is 7.52. The SMILES string of the molecule is CCN(CCC(=O)O)C(=O)c1cccn1C1CCNCC1. The van der Waals surface area contributed by atoms with Gasteiger partial charge in [0, 0.05) is 25.3 Å². The van der Waals surface area contributed by atoms with E-state index in [1.807, 2.05) is 29.8 Å². The number of rotatable bonds is 6. The maximum absolute atomic E-state index is 12.6. The fourth-order valence-electron chi connectivity index (χ4n) is 2.77. The molecular weight excluding hydrogens is 270 g/mol. The van der Waals surface area contributed by atoms with Gasteiger partial charge in [0.2, 0.25) is 0 Å². The van der Waals surface area contributed by atoms with Gasteiger partial charge in [-0.25, -0.2) is 0 Å². The molecule has 2 heterocycles. The van der Waals surface area contributed by atoms with E-state index < -0.39 is 5.97 Å². The maximum atomic E-state index is 12.6. The van der Waals surface area contributed by atoms with E-state index in [1.165, 1.54) is 0 Å². The van der Waals surface area contributed by atoms with Crippen molar-refractivity contribution in [2.24, 2.45) is 0 Å². The number of carbonyl (C=O) groups excluding carboxylic acids is 1. The van der Waals surface area contributed by atoms with Gasteiger partial charge in [0.05, 0.1) is 6.42 Å². The minimum absolute atomic E-state index is 0.0202. The molecule has 2 rings (SSSR count). The van der Waals surface area contributed by atoms with Crippen molar-refractivity contribution in [3.63, 3.8) is 0 Å². The highest BCUT2D eigenvalue weighted by molar-refractivity contribution is 5.93. The van der Waals surface area contributed by atoms with E-state index in [4.69, 9.17) is 5.11 Å². The van der Waals surface area contributed by atoms with Crippen molar-refractivity contribution in [2.75, 3.05) is 26.2 Å².